The fourth-order valence-electron chi connectivity index (χ4n) is 1.42. The number of benzene rings is 1. The third kappa shape index (κ3) is 2.31. The molecule has 0 unspecified atom stereocenters. The Morgan fingerprint density at radius 2 is 2.07 bits per heavy atom. The molecular formula is C11H14FNO. The van der Waals surface area contributed by atoms with Crippen molar-refractivity contribution in [2.24, 2.45) is 0 Å². The van der Waals surface area contributed by atoms with Crippen LogP contribution in [0.25, 0.3) is 0 Å². The van der Waals surface area contributed by atoms with Crippen molar-refractivity contribution >= 4 is 11.6 Å². The quantitative estimate of drug-likeness (QED) is 0.772. The Morgan fingerprint density at radius 3 is 2.57 bits per heavy atom. The first kappa shape index (κ1) is 10.7. The number of rotatable bonds is 2. The standard InChI is InChI=1S/C11H14FNO/c1-7(2)11-9(12)5-4-6-10(11)13-8(3)14/h4-7H,1-3H3,(H,13,14). The maximum absolute atomic E-state index is 13.4. The zero-order chi connectivity index (χ0) is 10.7. The molecule has 0 saturated carbocycles. The van der Waals surface area contributed by atoms with Crippen molar-refractivity contribution in [3.05, 3.63) is 29.6 Å². The molecule has 1 N–H and O–H groups in total. The van der Waals surface area contributed by atoms with Gasteiger partial charge in [-0.25, -0.2) is 4.39 Å². The zero-order valence-electron chi connectivity index (χ0n) is 8.60. The van der Waals surface area contributed by atoms with E-state index in [2.05, 4.69) is 5.32 Å². The maximum Gasteiger partial charge on any atom is 0.221 e. The number of hydrogen-bond donors (Lipinski definition) is 1. The second-order valence-electron chi connectivity index (χ2n) is 3.54. The fourth-order valence-corrected chi connectivity index (χ4v) is 1.42. The lowest BCUT2D eigenvalue weighted by Crippen LogP contribution is -2.09. The van der Waals surface area contributed by atoms with Crippen molar-refractivity contribution < 1.29 is 9.18 Å². The zero-order valence-corrected chi connectivity index (χ0v) is 8.60. The van der Waals surface area contributed by atoms with E-state index >= 15 is 0 Å². The number of halogens is 1. The molecule has 1 aromatic rings. The molecule has 1 rings (SSSR count). The van der Waals surface area contributed by atoms with Gasteiger partial charge in [-0.1, -0.05) is 19.9 Å². The second kappa shape index (κ2) is 4.22. The summed E-state index contributed by atoms with van der Waals surface area (Å²) < 4.78 is 13.4. The van der Waals surface area contributed by atoms with Crippen LogP contribution in [0.4, 0.5) is 10.1 Å². The molecule has 76 valence electrons. The van der Waals surface area contributed by atoms with Crippen molar-refractivity contribution in [3.63, 3.8) is 0 Å². The molecular weight excluding hydrogens is 181 g/mol. The molecule has 0 aromatic heterocycles. The van der Waals surface area contributed by atoms with Gasteiger partial charge in [0.2, 0.25) is 5.91 Å². The van der Waals surface area contributed by atoms with Gasteiger partial charge in [0, 0.05) is 18.2 Å². The number of hydrogen-bond acceptors (Lipinski definition) is 1. The van der Waals surface area contributed by atoms with Crippen molar-refractivity contribution in [3.8, 4) is 0 Å². The van der Waals surface area contributed by atoms with Crippen LogP contribution < -0.4 is 5.32 Å². The molecule has 1 amide bonds. The van der Waals surface area contributed by atoms with Gasteiger partial charge in [-0.3, -0.25) is 4.79 Å². The van der Waals surface area contributed by atoms with E-state index in [9.17, 15) is 9.18 Å². The van der Waals surface area contributed by atoms with Crippen LogP contribution in [-0.2, 0) is 4.79 Å². The third-order valence-electron chi connectivity index (χ3n) is 1.94. The Balaban J connectivity index is 3.14. The molecule has 0 saturated heterocycles. The highest BCUT2D eigenvalue weighted by atomic mass is 19.1. The minimum atomic E-state index is -0.272. The predicted molar refractivity (Wildman–Crippen MR) is 54.8 cm³/mol. The summed E-state index contributed by atoms with van der Waals surface area (Å²) in [5.74, 6) is -0.401. The van der Waals surface area contributed by atoms with Crippen molar-refractivity contribution in [2.75, 3.05) is 5.32 Å². The Hall–Kier alpha value is -1.38. The Kier molecular flexibility index (Phi) is 3.23. The van der Waals surface area contributed by atoms with E-state index in [4.69, 9.17) is 0 Å². The molecule has 1 aromatic carbocycles. The van der Waals surface area contributed by atoms with Crippen LogP contribution in [-0.4, -0.2) is 5.91 Å². The average Bonchev–Trinajstić information content (AvgIpc) is 2.01. The van der Waals surface area contributed by atoms with E-state index in [0.717, 1.165) is 0 Å². The molecule has 0 aliphatic heterocycles. The highest BCUT2D eigenvalue weighted by molar-refractivity contribution is 5.89. The molecule has 0 atom stereocenters. The molecule has 0 aliphatic rings. The molecule has 0 spiro atoms. The summed E-state index contributed by atoms with van der Waals surface area (Å²) in [5, 5.41) is 2.62. The van der Waals surface area contributed by atoms with Crippen LogP contribution in [0.15, 0.2) is 18.2 Å². The summed E-state index contributed by atoms with van der Waals surface area (Å²) in [6, 6.07) is 4.70. The van der Waals surface area contributed by atoms with Gasteiger partial charge >= 0.3 is 0 Å². The molecule has 3 heteroatoms. The summed E-state index contributed by atoms with van der Waals surface area (Å²) >= 11 is 0. The van der Waals surface area contributed by atoms with Crippen LogP contribution in [0, 0.1) is 5.82 Å². The molecule has 0 radical (unpaired) electrons. The van der Waals surface area contributed by atoms with E-state index in [1.165, 1.54) is 13.0 Å². The molecule has 0 heterocycles. The van der Waals surface area contributed by atoms with E-state index in [1.54, 1.807) is 12.1 Å². The van der Waals surface area contributed by atoms with Crippen molar-refractivity contribution in [1.82, 2.24) is 0 Å². The molecule has 14 heavy (non-hydrogen) atoms. The predicted octanol–water partition coefficient (Wildman–Crippen LogP) is 2.91. The van der Waals surface area contributed by atoms with Crippen molar-refractivity contribution in [2.45, 2.75) is 26.7 Å². The first-order valence-electron chi connectivity index (χ1n) is 4.58. The van der Waals surface area contributed by atoms with Gasteiger partial charge in [-0.05, 0) is 18.1 Å². The van der Waals surface area contributed by atoms with Gasteiger partial charge < -0.3 is 5.32 Å². The van der Waals surface area contributed by atoms with Gasteiger partial charge in [-0.15, -0.1) is 0 Å². The van der Waals surface area contributed by atoms with Crippen molar-refractivity contribution in [1.29, 1.82) is 0 Å². The minimum Gasteiger partial charge on any atom is -0.326 e. The first-order chi connectivity index (χ1) is 6.52. The topological polar surface area (TPSA) is 29.1 Å². The minimum absolute atomic E-state index is 0.0537. The van der Waals surface area contributed by atoms with Gasteiger partial charge in [0.1, 0.15) is 5.82 Å². The van der Waals surface area contributed by atoms with E-state index in [1.807, 2.05) is 13.8 Å². The normalized spacial score (nSPS) is 10.4. The number of anilines is 1. The average molecular weight is 195 g/mol. The largest absolute Gasteiger partial charge is 0.326 e. The molecule has 2 nitrogen and oxygen atoms in total. The summed E-state index contributed by atoms with van der Waals surface area (Å²) in [4.78, 5) is 10.9. The smallest absolute Gasteiger partial charge is 0.221 e. The van der Waals surface area contributed by atoms with Gasteiger partial charge in [0.05, 0.1) is 0 Å². The highest BCUT2D eigenvalue weighted by Gasteiger charge is 2.12. The van der Waals surface area contributed by atoms with Crippen LogP contribution in [0.2, 0.25) is 0 Å². The maximum atomic E-state index is 13.4. The number of nitrogens with one attached hydrogen (secondary N) is 1. The lowest BCUT2D eigenvalue weighted by molar-refractivity contribution is -0.114. The van der Waals surface area contributed by atoms with E-state index < -0.39 is 0 Å². The summed E-state index contributed by atoms with van der Waals surface area (Å²) in [7, 11) is 0. The fraction of sp³-hybridized carbons (Fsp3) is 0.364. The summed E-state index contributed by atoms with van der Waals surface area (Å²) in [6.07, 6.45) is 0. The van der Waals surface area contributed by atoms with Gasteiger partial charge in [-0.2, -0.15) is 0 Å². The molecule has 0 fully saturated rings. The van der Waals surface area contributed by atoms with Gasteiger partial charge in [0.25, 0.3) is 0 Å². The highest BCUT2D eigenvalue weighted by Crippen LogP contribution is 2.26. The Labute approximate surface area is 83.1 Å². The molecule has 0 bridgehead atoms. The van der Waals surface area contributed by atoms with Crippen LogP contribution >= 0.6 is 0 Å². The monoisotopic (exact) mass is 195 g/mol. The van der Waals surface area contributed by atoms with Gasteiger partial charge in [0.15, 0.2) is 0 Å². The SMILES string of the molecule is CC(=O)Nc1cccc(F)c1C(C)C. The van der Waals surface area contributed by atoms with Crippen LogP contribution in [0.3, 0.4) is 0 Å². The van der Waals surface area contributed by atoms with Crippen LogP contribution in [0.1, 0.15) is 32.3 Å². The summed E-state index contributed by atoms with van der Waals surface area (Å²) in [5.41, 5.74) is 1.12. The Morgan fingerprint density at radius 1 is 1.43 bits per heavy atom. The third-order valence-corrected chi connectivity index (χ3v) is 1.94. The number of amides is 1. The lowest BCUT2D eigenvalue weighted by atomic mass is 10.0. The number of carbonyl (C=O) groups is 1. The molecule has 0 aliphatic carbocycles. The Bertz CT molecular complexity index is 347. The lowest BCUT2D eigenvalue weighted by Gasteiger charge is -2.13. The number of carbonyl (C=O) groups excluding carboxylic acids is 1. The summed E-state index contributed by atoms with van der Waals surface area (Å²) in [6.45, 7) is 5.20. The van der Waals surface area contributed by atoms with E-state index in [-0.39, 0.29) is 17.6 Å². The second-order valence-corrected chi connectivity index (χ2v) is 3.54. The first-order valence-corrected chi connectivity index (χ1v) is 4.58. The van der Waals surface area contributed by atoms with Crippen LogP contribution in [0.5, 0.6) is 0 Å². The van der Waals surface area contributed by atoms with E-state index in [0.29, 0.717) is 11.3 Å².